The third-order valence-corrected chi connectivity index (χ3v) is 2.12. The fourth-order valence-corrected chi connectivity index (χ4v) is 1.13. The molecule has 0 aromatic heterocycles. The van der Waals surface area contributed by atoms with Crippen LogP contribution in [0.4, 0.5) is 0 Å². The monoisotopic (exact) mass is 156 g/mol. The van der Waals surface area contributed by atoms with E-state index in [-0.39, 0.29) is 5.60 Å². The molecule has 0 spiro atoms. The second kappa shape index (κ2) is 3.77. The number of hydrogen-bond donors (Lipinski definition) is 0. The molecule has 0 N–H and O–H groups in total. The smallest absolute Gasteiger partial charge is 0.188 e. The summed E-state index contributed by atoms with van der Waals surface area (Å²) < 4.78 is 10.5. The normalized spacial score (nSPS) is 21.6. The SMILES string of the molecule is CC=COCOC1(C)CCC1. The molecule has 1 rings (SSSR count). The molecule has 0 amide bonds. The van der Waals surface area contributed by atoms with Gasteiger partial charge in [0.25, 0.3) is 0 Å². The Labute approximate surface area is 68.2 Å². The largest absolute Gasteiger partial charge is 0.475 e. The average molecular weight is 156 g/mol. The third kappa shape index (κ3) is 2.54. The Hall–Kier alpha value is -0.500. The highest BCUT2D eigenvalue weighted by Gasteiger charge is 2.32. The van der Waals surface area contributed by atoms with E-state index in [9.17, 15) is 0 Å². The maximum atomic E-state index is 5.49. The topological polar surface area (TPSA) is 18.5 Å². The molecule has 64 valence electrons. The highest BCUT2D eigenvalue weighted by atomic mass is 16.7. The Balaban J connectivity index is 2.02. The van der Waals surface area contributed by atoms with Crippen LogP contribution >= 0.6 is 0 Å². The van der Waals surface area contributed by atoms with Gasteiger partial charge in [-0.25, -0.2) is 0 Å². The van der Waals surface area contributed by atoms with Crippen LogP contribution in [0.3, 0.4) is 0 Å². The second-order valence-corrected chi connectivity index (χ2v) is 3.20. The zero-order valence-corrected chi connectivity index (χ0v) is 7.30. The van der Waals surface area contributed by atoms with Crippen molar-refractivity contribution in [3.8, 4) is 0 Å². The molecular weight excluding hydrogens is 140 g/mol. The van der Waals surface area contributed by atoms with E-state index < -0.39 is 0 Å². The lowest BCUT2D eigenvalue weighted by Crippen LogP contribution is -2.36. The Morgan fingerprint density at radius 3 is 2.64 bits per heavy atom. The highest BCUT2D eigenvalue weighted by Crippen LogP contribution is 2.34. The first-order valence-electron chi connectivity index (χ1n) is 4.13. The van der Waals surface area contributed by atoms with Crippen LogP contribution in [0.25, 0.3) is 0 Å². The lowest BCUT2D eigenvalue weighted by Gasteiger charge is -2.37. The summed E-state index contributed by atoms with van der Waals surface area (Å²) in [4.78, 5) is 0. The van der Waals surface area contributed by atoms with Crippen LogP contribution in [-0.2, 0) is 9.47 Å². The standard InChI is InChI=1S/C9H16O2/c1-3-7-10-8-11-9(2)5-4-6-9/h3,7H,4-6,8H2,1-2H3. The van der Waals surface area contributed by atoms with Gasteiger partial charge in [0.1, 0.15) is 0 Å². The molecule has 0 unspecified atom stereocenters. The van der Waals surface area contributed by atoms with Crippen molar-refractivity contribution in [1.82, 2.24) is 0 Å². The van der Waals surface area contributed by atoms with E-state index in [0.717, 1.165) is 0 Å². The quantitative estimate of drug-likeness (QED) is 0.353. The molecule has 1 aliphatic carbocycles. The summed E-state index contributed by atoms with van der Waals surface area (Å²) in [5.74, 6) is 0. The molecule has 0 radical (unpaired) electrons. The Morgan fingerprint density at radius 1 is 1.45 bits per heavy atom. The Bertz CT molecular complexity index is 136. The van der Waals surface area contributed by atoms with Gasteiger partial charge in [0, 0.05) is 0 Å². The molecule has 0 aromatic carbocycles. The fourth-order valence-electron chi connectivity index (χ4n) is 1.13. The molecule has 2 heteroatoms. The first-order chi connectivity index (χ1) is 5.27. The molecule has 2 nitrogen and oxygen atoms in total. The predicted molar refractivity (Wildman–Crippen MR) is 44.1 cm³/mol. The third-order valence-electron chi connectivity index (χ3n) is 2.12. The van der Waals surface area contributed by atoms with Crippen molar-refractivity contribution in [3.63, 3.8) is 0 Å². The maximum Gasteiger partial charge on any atom is 0.188 e. The lowest BCUT2D eigenvalue weighted by atomic mass is 9.82. The summed E-state index contributed by atoms with van der Waals surface area (Å²) in [6.45, 7) is 4.45. The van der Waals surface area contributed by atoms with Gasteiger partial charge >= 0.3 is 0 Å². The molecular formula is C9H16O2. The molecule has 0 aliphatic heterocycles. The van der Waals surface area contributed by atoms with E-state index in [1.807, 2.05) is 13.0 Å². The molecule has 1 saturated carbocycles. The summed E-state index contributed by atoms with van der Waals surface area (Å²) in [5.41, 5.74) is 0.113. The summed E-state index contributed by atoms with van der Waals surface area (Å²) in [6.07, 6.45) is 7.15. The van der Waals surface area contributed by atoms with Crippen LogP contribution in [-0.4, -0.2) is 12.4 Å². The van der Waals surface area contributed by atoms with Gasteiger partial charge in [-0.05, 0) is 33.1 Å². The van der Waals surface area contributed by atoms with E-state index in [4.69, 9.17) is 9.47 Å². The van der Waals surface area contributed by atoms with E-state index in [0.29, 0.717) is 6.79 Å². The first kappa shape index (κ1) is 8.60. The molecule has 0 atom stereocenters. The van der Waals surface area contributed by atoms with Crippen molar-refractivity contribution in [3.05, 3.63) is 12.3 Å². The first-order valence-corrected chi connectivity index (χ1v) is 4.13. The summed E-state index contributed by atoms with van der Waals surface area (Å²) in [7, 11) is 0. The number of ether oxygens (including phenoxy) is 2. The van der Waals surface area contributed by atoms with Crippen LogP contribution in [0.15, 0.2) is 12.3 Å². The van der Waals surface area contributed by atoms with E-state index in [1.54, 1.807) is 6.26 Å². The van der Waals surface area contributed by atoms with E-state index in [2.05, 4.69) is 6.92 Å². The summed E-state index contributed by atoms with van der Waals surface area (Å²) in [5, 5.41) is 0. The molecule has 1 fully saturated rings. The van der Waals surface area contributed by atoms with Gasteiger partial charge in [0.2, 0.25) is 0 Å². The minimum absolute atomic E-state index is 0.113. The number of allylic oxidation sites excluding steroid dienone is 1. The van der Waals surface area contributed by atoms with Crippen LogP contribution in [0.1, 0.15) is 33.1 Å². The molecule has 0 heterocycles. The van der Waals surface area contributed by atoms with Gasteiger partial charge in [-0.3, -0.25) is 0 Å². The Kier molecular flexibility index (Phi) is 2.94. The lowest BCUT2D eigenvalue weighted by molar-refractivity contribution is -0.147. The zero-order valence-electron chi connectivity index (χ0n) is 7.30. The van der Waals surface area contributed by atoms with E-state index in [1.165, 1.54) is 19.3 Å². The summed E-state index contributed by atoms with van der Waals surface area (Å²) in [6, 6.07) is 0. The van der Waals surface area contributed by atoms with Gasteiger partial charge in [0.15, 0.2) is 6.79 Å². The van der Waals surface area contributed by atoms with Gasteiger partial charge in [-0.1, -0.05) is 6.08 Å². The van der Waals surface area contributed by atoms with Crippen molar-refractivity contribution in [1.29, 1.82) is 0 Å². The van der Waals surface area contributed by atoms with Crippen LogP contribution in [0.5, 0.6) is 0 Å². The zero-order chi connectivity index (χ0) is 8.16. The van der Waals surface area contributed by atoms with Crippen molar-refractivity contribution in [2.24, 2.45) is 0 Å². The average Bonchev–Trinajstić information content (AvgIpc) is 1.95. The number of rotatable bonds is 4. The van der Waals surface area contributed by atoms with Crippen LogP contribution in [0, 0.1) is 0 Å². The van der Waals surface area contributed by atoms with Crippen molar-refractivity contribution >= 4 is 0 Å². The molecule has 1 aliphatic rings. The van der Waals surface area contributed by atoms with Gasteiger partial charge in [-0.2, -0.15) is 0 Å². The van der Waals surface area contributed by atoms with Gasteiger partial charge < -0.3 is 9.47 Å². The molecule has 0 aromatic rings. The van der Waals surface area contributed by atoms with Crippen molar-refractivity contribution in [2.45, 2.75) is 38.7 Å². The van der Waals surface area contributed by atoms with Crippen molar-refractivity contribution in [2.75, 3.05) is 6.79 Å². The van der Waals surface area contributed by atoms with Crippen LogP contribution in [0.2, 0.25) is 0 Å². The van der Waals surface area contributed by atoms with E-state index >= 15 is 0 Å². The molecule has 0 bridgehead atoms. The minimum atomic E-state index is 0.113. The highest BCUT2D eigenvalue weighted by molar-refractivity contribution is 4.84. The minimum Gasteiger partial charge on any atom is -0.475 e. The Morgan fingerprint density at radius 2 is 2.18 bits per heavy atom. The van der Waals surface area contributed by atoms with Gasteiger partial charge in [-0.15, -0.1) is 0 Å². The summed E-state index contributed by atoms with van der Waals surface area (Å²) >= 11 is 0. The van der Waals surface area contributed by atoms with Crippen molar-refractivity contribution < 1.29 is 9.47 Å². The molecule has 0 saturated heterocycles. The van der Waals surface area contributed by atoms with Crippen LogP contribution < -0.4 is 0 Å². The molecule has 11 heavy (non-hydrogen) atoms. The maximum absolute atomic E-state index is 5.49. The number of hydrogen-bond acceptors (Lipinski definition) is 2. The fraction of sp³-hybridized carbons (Fsp3) is 0.778. The predicted octanol–water partition coefficient (Wildman–Crippen LogP) is 2.45. The van der Waals surface area contributed by atoms with Gasteiger partial charge in [0.05, 0.1) is 11.9 Å². The second-order valence-electron chi connectivity index (χ2n) is 3.20.